The number of hydrogen-bond donors (Lipinski definition) is 0. The fourth-order valence-corrected chi connectivity index (χ4v) is 2.80. The molecule has 0 fully saturated rings. The third-order valence-corrected chi connectivity index (χ3v) is 4.19. The zero-order valence-electron chi connectivity index (χ0n) is 16.5. The summed E-state index contributed by atoms with van der Waals surface area (Å²) in [6, 6.07) is 16.9. The Morgan fingerprint density at radius 2 is 1.68 bits per heavy atom. The van der Waals surface area contributed by atoms with Gasteiger partial charge >= 0.3 is 5.97 Å². The van der Waals surface area contributed by atoms with Crippen molar-refractivity contribution in [2.24, 2.45) is 0 Å². The van der Waals surface area contributed by atoms with Gasteiger partial charge in [-0.1, -0.05) is 24.3 Å². The molecule has 0 heterocycles. The summed E-state index contributed by atoms with van der Waals surface area (Å²) in [6.45, 7) is 4.55. The third kappa shape index (κ3) is 5.88. The maximum Gasteiger partial charge on any atom is 0.313 e. The Hall–Kier alpha value is -3.26. The topological polar surface area (TPSA) is 68.6 Å². The van der Waals surface area contributed by atoms with Gasteiger partial charge in [0.15, 0.2) is 0 Å². The molecule has 0 bridgehead atoms. The predicted octanol–water partition coefficient (Wildman–Crippen LogP) is 4.74. The summed E-state index contributed by atoms with van der Waals surface area (Å²) in [4.78, 5) is 12.5. The summed E-state index contributed by atoms with van der Waals surface area (Å²) in [5.41, 5.74) is 2.15. The lowest BCUT2D eigenvalue weighted by Gasteiger charge is -2.16. The number of hydrogen-bond acceptors (Lipinski definition) is 5. The van der Waals surface area contributed by atoms with Gasteiger partial charge in [-0.3, -0.25) is 4.79 Å². The van der Waals surface area contributed by atoms with Gasteiger partial charge in [0.2, 0.25) is 0 Å². The molecule has 0 aliphatic heterocycles. The van der Waals surface area contributed by atoms with Gasteiger partial charge in [-0.05, 0) is 61.7 Å². The number of esters is 1. The van der Waals surface area contributed by atoms with Crippen LogP contribution in [0.25, 0.3) is 6.08 Å². The van der Waals surface area contributed by atoms with Crippen LogP contribution < -0.4 is 9.47 Å². The van der Waals surface area contributed by atoms with Crippen molar-refractivity contribution in [2.75, 3.05) is 20.3 Å². The maximum atomic E-state index is 12.5. The number of nitrogens with zero attached hydrogens (tertiary/aromatic N) is 1. The van der Waals surface area contributed by atoms with Crippen LogP contribution in [0.15, 0.2) is 54.1 Å². The Bertz CT molecular complexity index is 832. The second-order valence-electron chi connectivity index (χ2n) is 6.07. The van der Waals surface area contributed by atoms with Crippen LogP contribution in [0.5, 0.6) is 11.5 Å². The summed E-state index contributed by atoms with van der Waals surface area (Å²) in [5.74, 6) is 0.583. The highest BCUT2D eigenvalue weighted by atomic mass is 16.5. The molecule has 0 saturated carbocycles. The molecule has 28 heavy (non-hydrogen) atoms. The van der Waals surface area contributed by atoms with E-state index in [9.17, 15) is 10.1 Å². The van der Waals surface area contributed by atoms with Crippen LogP contribution in [0.2, 0.25) is 0 Å². The molecule has 0 spiro atoms. The normalized spacial score (nSPS) is 12.0. The number of carbonyl (C=O) groups excluding carboxylic acids is 1. The summed E-state index contributed by atoms with van der Waals surface area (Å²) < 4.78 is 15.8. The van der Waals surface area contributed by atoms with Crippen molar-refractivity contribution < 1.29 is 19.0 Å². The Balaban J connectivity index is 2.27. The minimum atomic E-state index is -0.556. The van der Waals surface area contributed by atoms with E-state index in [0.717, 1.165) is 22.6 Å². The van der Waals surface area contributed by atoms with E-state index in [2.05, 4.69) is 6.07 Å². The predicted molar refractivity (Wildman–Crippen MR) is 108 cm³/mol. The first kappa shape index (κ1) is 21.0. The van der Waals surface area contributed by atoms with E-state index in [4.69, 9.17) is 14.2 Å². The van der Waals surface area contributed by atoms with Gasteiger partial charge in [-0.2, -0.15) is 5.26 Å². The molecule has 5 nitrogen and oxygen atoms in total. The second kappa shape index (κ2) is 10.8. The van der Waals surface area contributed by atoms with Crippen LogP contribution >= 0.6 is 0 Å². The van der Waals surface area contributed by atoms with Gasteiger partial charge in [0.1, 0.15) is 11.5 Å². The molecule has 0 amide bonds. The van der Waals surface area contributed by atoms with Gasteiger partial charge in [-0.15, -0.1) is 0 Å². The molecule has 2 aromatic rings. The molecular weight excluding hydrogens is 354 g/mol. The molecule has 0 aromatic heterocycles. The highest BCUT2D eigenvalue weighted by Crippen LogP contribution is 2.28. The first-order valence-corrected chi connectivity index (χ1v) is 9.25. The van der Waals surface area contributed by atoms with E-state index < -0.39 is 5.92 Å². The van der Waals surface area contributed by atoms with Crippen LogP contribution in [-0.4, -0.2) is 26.3 Å². The summed E-state index contributed by atoms with van der Waals surface area (Å²) in [7, 11) is 1.60. The van der Waals surface area contributed by atoms with Gasteiger partial charge in [0.25, 0.3) is 0 Å². The van der Waals surface area contributed by atoms with Crippen molar-refractivity contribution in [3.63, 3.8) is 0 Å². The molecule has 1 atom stereocenters. The fraction of sp³-hybridized carbons (Fsp3) is 0.304. The second-order valence-corrected chi connectivity index (χ2v) is 6.07. The summed E-state index contributed by atoms with van der Waals surface area (Å²) in [5, 5.41) is 9.59. The maximum absolute atomic E-state index is 12.5. The lowest BCUT2D eigenvalue weighted by molar-refractivity contribution is -0.144. The SMILES string of the molecule is CCOC(=O)C(CC(C#N)=Cc1ccc(OC)cc1)c1ccc(OCC)cc1. The lowest BCUT2D eigenvalue weighted by atomic mass is 9.91. The van der Waals surface area contributed by atoms with E-state index in [1.165, 1.54) is 0 Å². The largest absolute Gasteiger partial charge is 0.497 e. The van der Waals surface area contributed by atoms with Crippen molar-refractivity contribution in [3.8, 4) is 17.6 Å². The first-order chi connectivity index (χ1) is 13.6. The highest BCUT2D eigenvalue weighted by molar-refractivity contribution is 5.79. The quantitative estimate of drug-likeness (QED) is 0.465. The fourth-order valence-electron chi connectivity index (χ4n) is 2.80. The van der Waals surface area contributed by atoms with Gasteiger partial charge in [0, 0.05) is 5.57 Å². The lowest BCUT2D eigenvalue weighted by Crippen LogP contribution is -2.16. The Morgan fingerprint density at radius 3 is 2.21 bits per heavy atom. The standard InChI is InChI=1S/C23H25NO4/c1-4-27-21-12-8-19(9-13-21)22(23(25)28-5-2)15-18(16-24)14-17-6-10-20(26-3)11-7-17/h6-14,22H,4-5,15H2,1-3H3. The van der Waals surface area contributed by atoms with Crippen molar-refractivity contribution in [2.45, 2.75) is 26.2 Å². The first-order valence-electron chi connectivity index (χ1n) is 9.25. The van der Waals surface area contributed by atoms with Crippen LogP contribution in [0.1, 0.15) is 37.3 Å². The number of rotatable bonds is 9. The van der Waals surface area contributed by atoms with E-state index >= 15 is 0 Å². The zero-order valence-corrected chi connectivity index (χ0v) is 16.5. The number of nitriles is 1. The minimum Gasteiger partial charge on any atom is -0.497 e. The van der Waals surface area contributed by atoms with Crippen LogP contribution in [0.3, 0.4) is 0 Å². The van der Waals surface area contributed by atoms with Crippen molar-refractivity contribution >= 4 is 12.0 Å². The molecule has 1 unspecified atom stereocenters. The smallest absolute Gasteiger partial charge is 0.313 e. The Morgan fingerprint density at radius 1 is 1.04 bits per heavy atom. The number of carbonyl (C=O) groups is 1. The monoisotopic (exact) mass is 379 g/mol. The van der Waals surface area contributed by atoms with Gasteiger partial charge in [-0.25, -0.2) is 0 Å². The average Bonchev–Trinajstić information content (AvgIpc) is 2.72. The molecule has 146 valence electrons. The highest BCUT2D eigenvalue weighted by Gasteiger charge is 2.23. The summed E-state index contributed by atoms with van der Waals surface area (Å²) in [6.07, 6.45) is 2.04. The van der Waals surface area contributed by atoms with Gasteiger partial charge < -0.3 is 14.2 Å². The van der Waals surface area contributed by atoms with Gasteiger partial charge in [0.05, 0.1) is 32.3 Å². The molecule has 0 aliphatic carbocycles. The number of benzene rings is 2. The number of ether oxygens (including phenoxy) is 3. The zero-order chi connectivity index (χ0) is 20.4. The molecule has 0 N–H and O–H groups in total. The van der Waals surface area contributed by atoms with Crippen molar-refractivity contribution in [1.29, 1.82) is 5.26 Å². The Kier molecular flexibility index (Phi) is 8.11. The molecule has 0 aliphatic rings. The minimum absolute atomic E-state index is 0.259. The molecular formula is C23H25NO4. The van der Waals surface area contributed by atoms with Crippen molar-refractivity contribution in [3.05, 3.63) is 65.2 Å². The molecule has 2 aromatic carbocycles. The van der Waals surface area contributed by atoms with Crippen molar-refractivity contribution in [1.82, 2.24) is 0 Å². The average molecular weight is 379 g/mol. The molecule has 0 saturated heterocycles. The van der Waals surface area contributed by atoms with E-state index in [-0.39, 0.29) is 19.0 Å². The third-order valence-electron chi connectivity index (χ3n) is 4.19. The molecule has 5 heteroatoms. The molecule has 0 radical (unpaired) electrons. The Labute approximate surface area is 166 Å². The van der Waals surface area contributed by atoms with Crippen LogP contribution in [-0.2, 0) is 9.53 Å². The number of methoxy groups -OCH3 is 1. The van der Waals surface area contributed by atoms with Crippen LogP contribution in [0.4, 0.5) is 0 Å². The van der Waals surface area contributed by atoms with E-state index in [1.807, 2.05) is 55.5 Å². The van der Waals surface area contributed by atoms with E-state index in [1.54, 1.807) is 20.1 Å². The number of allylic oxidation sites excluding steroid dienone is 1. The molecule has 2 rings (SSSR count). The van der Waals surface area contributed by atoms with E-state index in [0.29, 0.717) is 12.2 Å². The van der Waals surface area contributed by atoms with Crippen LogP contribution in [0, 0.1) is 11.3 Å². The summed E-state index contributed by atoms with van der Waals surface area (Å²) >= 11 is 0.